The molecule has 0 aliphatic carbocycles. The molecule has 0 spiro atoms. The van der Waals surface area contributed by atoms with E-state index in [2.05, 4.69) is 32.6 Å². The molecule has 0 heterocycles. The van der Waals surface area contributed by atoms with Crippen LogP contribution in [0.4, 0.5) is 0 Å². The highest BCUT2D eigenvalue weighted by Crippen LogP contribution is 2.13. The van der Waals surface area contributed by atoms with Gasteiger partial charge in [0.05, 0.1) is 0 Å². The predicted molar refractivity (Wildman–Crippen MR) is 75.4 cm³/mol. The molecular formula is C14H30ClN. The quantitative estimate of drug-likeness (QED) is 0.513. The molecule has 0 N–H and O–H groups in total. The molecule has 2 unspecified atom stereocenters. The zero-order chi connectivity index (χ0) is 12.4. The van der Waals surface area contributed by atoms with Gasteiger partial charge in [-0.15, -0.1) is 11.6 Å². The first-order chi connectivity index (χ1) is 7.65. The number of unbranched alkanes of at least 4 members (excludes halogenated alkanes) is 1. The SMILES string of the molecule is CCCCN(CCC(C)CCCl)C(C)CC. The normalized spacial score (nSPS) is 15.4. The lowest BCUT2D eigenvalue weighted by molar-refractivity contribution is 0.188. The highest BCUT2D eigenvalue weighted by Gasteiger charge is 2.12. The van der Waals surface area contributed by atoms with E-state index in [9.17, 15) is 0 Å². The van der Waals surface area contributed by atoms with Gasteiger partial charge in [-0.05, 0) is 51.6 Å². The summed E-state index contributed by atoms with van der Waals surface area (Å²) >= 11 is 5.77. The second-order valence-corrected chi connectivity index (χ2v) is 5.40. The summed E-state index contributed by atoms with van der Waals surface area (Å²) in [6, 6.07) is 0.731. The van der Waals surface area contributed by atoms with E-state index in [1.54, 1.807) is 0 Å². The van der Waals surface area contributed by atoms with Crippen LogP contribution in [0.5, 0.6) is 0 Å². The van der Waals surface area contributed by atoms with Gasteiger partial charge >= 0.3 is 0 Å². The maximum Gasteiger partial charge on any atom is 0.0225 e. The van der Waals surface area contributed by atoms with Gasteiger partial charge in [0, 0.05) is 11.9 Å². The monoisotopic (exact) mass is 247 g/mol. The molecule has 98 valence electrons. The van der Waals surface area contributed by atoms with Gasteiger partial charge in [0.25, 0.3) is 0 Å². The van der Waals surface area contributed by atoms with Crippen LogP contribution >= 0.6 is 11.6 Å². The van der Waals surface area contributed by atoms with Crippen molar-refractivity contribution in [2.45, 2.75) is 65.8 Å². The number of halogens is 1. The smallest absolute Gasteiger partial charge is 0.0225 e. The summed E-state index contributed by atoms with van der Waals surface area (Å²) < 4.78 is 0. The second-order valence-electron chi connectivity index (χ2n) is 5.02. The van der Waals surface area contributed by atoms with Crippen molar-refractivity contribution in [3.05, 3.63) is 0 Å². The molecule has 0 saturated heterocycles. The average Bonchev–Trinajstić information content (AvgIpc) is 2.28. The van der Waals surface area contributed by atoms with E-state index in [-0.39, 0.29) is 0 Å². The minimum atomic E-state index is 0.731. The van der Waals surface area contributed by atoms with Gasteiger partial charge < -0.3 is 4.90 Å². The van der Waals surface area contributed by atoms with Crippen molar-refractivity contribution in [3.63, 3.8) is 0 Å². The van der Waals surface area contributed by atoms with Crippen LogP contribution in [0.2, 0.25) is 0 Å². The number of rotatable bonds is 10. The molecule has 1 nitrogen and oxygen atoms in total. The van der Waals surface area contributed by atoms with Gasteiger partial charge in [-0.1, -0.05) is 27.2 Å². The van der Waals surface area contributed by atoms with Crippen molar-refractivity contribution in [1.82, 2.24) is 4.90 Å². The number of alkyl halides is 1. The van der Waals surface area contributed by atoms with Gasteiger partial charge in [0.1, 0.15) is 0 Å². The Balaban J connectivity index is 3.90. The molecule has 0 aliphatic heterocycles. The van der Waals surface area contributed by atoms with Crippen LogP contribution in [0.25, 0.3) is 0 Å². The number of hydrogen-bond donors (Lipinski definition) is 0. The molecule has 16 heavy (non-hydrogen) atoms. The lowest BCUT2D eigenvalue weighted by Gasteiger charge is -2.29. The molecule has 0 bridgehead atoms. The summed E-state index contributed by atoms with van der Waals surface area (Å²) in [5, 5.41) is 0. The van der Waals surface area contributed by atoms with Crippen molar-refractivity contribution >= 4 is 11.6 Å². The number of nitrogens with zero attached hydrogens (tertiary/aromatic N) is 1. The largest absolute Gasteiger partial charge is 0.301 e. The van der Waals surface area contributed by atoms with E-state index in [4.69, 9.17) is 11.6 Å². The molecule has 0 rings (SSSR count). The Bertz CT molecular complexity index is 150. The van der Waals surface area contributed by atoms with Crippen molar-refractivity contribution in [1.29, 1.82) is 0 Å². The first-order valence-corrected chi connectivity index (χ1v) is 7.49. The molecule has 0 saturated carbocycles. The van der Waals surface area contributed by atoms with Crippen molar-refractivity contribution in [2.24, 2.45) is 5.92 Å². The Kier molecular flexibility index (Phi) is 10.6. The maximum atomic E-state index is 5.77. The zero-order valence-electron chi connectivity index (χ0n) is 11.6. The van der Waals surface area contributed by atoms with Crippen molar-refractivity contribution in [2.75, 3.05) is 19.0 Å². The fourth-order valence-electron chi connectivity index (χ4n) is 1.89. The second kappa shape index (κ2) is 10.4. The van der Waals surface area contributed by atoms with Crippen LogP contribution in [0.1, 0.15) is 59.8 Å². The minimum Gasteiger partial charge on any atom is -0.301 e. The summed E-state index contributed by atoms with van der Waals surface area (Å²) in [6.07, 6.45) is 6.33. The third-order valence-electron chi connectivity index (χ3n) is 3.52. The lowest BCUT2D eigenvalue weighted by Crippen LogP contribution is -2.35. The molecular weight excluding hydrogens is 218 g/mol. The van der Waals surface area contributed by atoms with Crippen LogP contribution < -0.4 is 0 Å². The van der Waals surface area contributed by atoms with Gasteiger partial charge in [0.2, 0.25) is 0 Å². The third-order valence-corrected chi connectivity index (χ3v) is 3.74. The van der Waals surface area contributed by atoms with Crippen molar-refractivity contribution in [3.8, 4) is 0 Å². The van der Waals surface area contributed by atoms with E-state index in [1.807, 2.05) is 0 Å². The fourth-order valence-corrected chi connectivity index (χ4v) is 2.26. The molecule has 2 heteroatoms. The summed E-state index contributed by atoms with van der Waals surface area (Å²) in [7, 11) is 0. The summed E-state index contributed by atoms with van der Waals surface area (Å²) in [5.74, 6) is 1.57. The molecule has 0 aliphatic rings. The molecule has 2 atom stereocenters. The van der Waals surface area contributed by atoms with E-state index in [0.717, 1.165) is 24.3 Å². The zero-order valence-corrected chi connectivity index (χ0v) is 12.4. The molecule has 0 aromatic heterocycles. The van der Waals surface area contributed by atoms with Gasteiger partial charge in [-0.25, -0.2) is 0 Å². The first-order valence-electron chi connectivity index (χ1n) is 6.95. The van der Waals surface area contributed by atoms with Crippen LogP contribution in [-0.2, 0) is 0 Å². The molecule has 0 aromatic rings. The molecule has 0 amide bonds. The van der Waals surface area contributed by atoms with E-state index in [0.29, 0.717) is 0 Å². The van der Waals surface area contributed by atoms with Crippen LogP contribution in [0, 0.1) is 5.92 Å². The number of hydrogen-bond acceptors (Lipinski definition) is 1. The fraction of sp³-hybridized carbons (Fsp3) is 1.00. The summed E-state index contributed by atoms with van der Waals surface area (Å²) in [5.41, 5.74) is 0. The predicted octanol–water partition coefficient (Wildman–Crippen LogP) is 4.54. The Morgan fingerprint density at radius 1 is 1.06 bits per heavy atom. The topological polar surface area (TPSA) is 3.24 Å². The molecule has 0 fully saturated rings. The third kappa shape index (κ3) is 7.51. The van der Waals surface area contributed by atoms with Gasteiger partial charge in [-0.2, -0.15) is 0 Å². The average molecular weight is 248 g/mol. The lowest BCUT2D eigenvalue weighted by atomic mass is 10.0. The standard InChI is InChI=1S/C14H30ClN/c1-5-7-11-16(14(4)6-2)12-9-13(3)8-10-15/h13-14H,5-12H2,1-4H3. The minimum absolute atomic E-state index is 0.731. The Labute approximate surface area is 108 Å². The van der Waals surface area contributed by atoms with E-state index >= 15 is 0 Å². The van der Waals surface area contributed by atoms with Crippen molar-refractivity contribution < 1.29 is 0 Å². The van der Waals surface area contributed by atoms with E-state index < -0.39 is 0 Å². The maximum absolute atomic E-state index is 5.77. The Morgan fingerprint density at radius 3 is 2.25 bits per heavy atom. The Hall–Kier alpha value is 0.250. The summed E-state index contributed by atoms with van der Waals surface area (Å²) in [4.78, 5) is 2.65. The Morgan fingerprint density at radius 2 is 1.75 bits per heavy atom. The van der Waals surface area contributed by atoms with E-state index in [1.165, 1.54) is 38.8 Å². The molecule has 0 radical (unpaired) electrons. The van der Waals surface area contributed by atoms with Gasteiger partial charge in [0.15, 0.2) is 0 Å². The van der Waals surface area contributed by atoms with Crippen LogP contribution in [0.15, 0.2) is 0 Å². The van der Waals surface area contributed by atoms with Crippen LogP contribution in [0.3, 0.4) is 0 Å². The van der Waals surface area contributed by atoms with Gasteiger partial charge in [-0.3, -0.25) is 0 Å². The molecule has 0 aromatic carbocycles. The first kappa shape index (κ1) is 16.2. The van der Waals surface area contributed by atoms with Crippen LogP contribution in [-0.4, -0.2) is 29.9 Å². The highest BCUT2D eigenvalue weighted by atomic mass is 35.5. The summed E-state index contributed by atoms with van der Waals surface area (Å²) in [6.45, 7) is 11.7. The highest BCUT2D eigenvalue weighted by molar-refractivity contribution is 6.17.